The zero-order valence-corrected chi connectivity index (χ0v) is 3.76. The van der Waals surface area contributed by atoms with E-state index in [-0.39, 0.29) is 0 Å². The van der Waals surface area contributed by atoms with E-state index in [1.165, 1.54) is 0 Å². The minimum absolute atomic E-state index is 3.02. The Morgan fingerprint density at radius 3 is 1.83 bits per heavy atom. The molecule has 0 aliphatic carbocycles. The molecule has 0 rings (SSSR count). The van der Waals surface area contributed by atoms with E-state index in [2.05, 4.69) is 10.4 Å². The van der Waals surface area contributed by atoms with Gasteiger partial charge >= 0.3 is 9.14 Å². The van der Waals surface area contributed by atoms with Gasteiger partial charge in [0.25, 0.3) is 0 Å². The Hall–Kier alpha value is -0.0131. The third-order valence-electron chi connectivity index (χ3n) is 0.150. The van der Waals surface area contributed by atoms with Gasteiger partial charge in [0.15, 0.2) is 0 Å². The van der Waals surface area contributed by atoms with Crippen molar-refractivity contribution in [3.8, 4) is 0 Å². The normalized spacial score (nSPS) is 12.0. The minimum atomic E-state index is -4.85. The smallest absolute Gasteiger partial charge is 0.364 e. The lowest BCUT2D eigenvalue weighted by Crippen LogP contribution is -2.36. The van der Waals surface area contributed by atoms with Crippen LogP contribution in [0, 0.1) is 0 Å². The Morgan fingerprint density at radius 1 is 1.67 bits per heavy atom. The van der Waals surface area contributed by atoms with Crippen LogP contribution in [0.15, 0.2) is 0 Å². The monoisotopic (exact) mass is 113 g/mol. The van der Waals surface area contributed by atoms with Crippen LogP contribution in [0.5, 0.6) is 0 Å². The lowest BCUT2D eigenvalue weighted by molar-refractivity contribution is 0.100. The van der Waals surface area contributed by atoms with Crippen LogP contribution < -0.4 is 5.90 Å². The predicted octanol–water partition coefficient (Wildman–Crippen LogP) is -1.73. The lowest BCUT2D eigenvalue weighted by atomic mass is 13.6. The molecule has 4 N–H and O–H groups in total. The molecule has 0 heterocycles. The van der Waals surface area contributed by atoms with Crippen LogP contribution in [0.3, 0.4) is 0 Å². The van der Waals surface area contributed by atoms with E-state index < -0.39 is 9.14 Å². The largest absolute Gasteiger partial charge is 0.731 e. The van der Waals surface area contributed by atoms with Gasteiger partial charge in [-0.25, -0.2) is 10.0 Å². The molecule has 6 heteroatoms. The van der Waals surface area contributed by atoms with Gasteiger partial charge in [0.2, 0.25) is 0 Å². The van der Waals surface area contributed by atoms with Crippen LogP contribution in [0.2, 0.25) is 0 Å². The van der Waals surface area contributed by atoms with Gasteiger partial charge < -0.3 is 9.59 Å². The van der Waals surface area contributed by atoms with E-state index in [4.69, 9.17) is 9.59 Å². The SMILES string of the molecule is NO[Si](O)(O)F. The van der Waals surface area contributed by atoms with Crippen molar-refractivity contribution in [1.29, 1.82) is 0 Å². The highest BCUT2D eigenvalue weighted by molar-refractivity contribution is 6.49. The van der Waals surface area contributed by atoms with Crippen LogP contribution in [-0.4, -0.2) is 18.7 Å². The molecule has 0 aromatic heterocycles. The van der Waals surface area contributed by atoms with Gasteiger partial charge in [-0.3, -0.25) is 4.53 Å². The zero-order chi connectivity index (χ0) is 5.21. The summed E-state index contributed by atoms with van der Waals surface area (Å²) < 4.78 is 14.0. The molecule has 0 radical (unpaired) electrons. The molecule has 0 amide bonds. The van der Waals surface area contributed by atoms with Crippen molar-refractivity contribution >= 4 is 9.14 Å². The van der Waals surface area contributed by atoms with Gasteiger partial charge in [0, 0.05) is 0 Å². The van der Waals surface area contributed by atoms with E-state index >= 15 is 0 Å². The van der Waals surface area contributed by atoms with Crippen molar-refractivity contribution in [2.24, 2.45) is 5.90 Å². The summed E-state index contributed by atoms with van der Waals surface area (Å²) in [5.74, 6) is 3.99. The molecule has 0 saturated heterocycles. The van der Waals surface area contributed by atoms with E-state index in [1.54, 1.807) is 0 Å². The first-order valence-corrected chi connectivity index (χ1v) is 2.76. The predicted molar refractivity (Wildman–Crippen MR) is 16.6 cm³/mol. The number of halogens is 1. The molecule has 6 heavy (non-hydrogen) atoms. The highest BCUT2D eigenvalue weighted by atomic mass is 28.4. The van der Waals surface area contributed by atoms with Gasteiger partial charge in [-0.15, -0.1) is 0 Å². The Balaban J connectivity index is 3.17. The van der Waals surface area contributed by atoms with Gasteiger partial charge in [-0.05, 0) is 0 Å². The zero-order valence-electron chi connectivity index (χ0n) is 2.76. The van der Waals surface area contributed by atoms with Crippen LogP contribution in [-0.2, 0) is 4.53 Å². The summed E-state index contributed by atoms with van der Waals surface area (Å²) in [5, 5.41) is 0. The molecule has 4 nitrogen and oxygen atoms in total. The molecule has 0 spiro atoms. The average molecular weight is 113 g/mol. The van der Waals surface area contributed by atoms with Gasteiger partial charge in [-0.1, -0.05) is 0 Å². The fourth-order valence-electron chi connectivity index (χ4n) is 0. The third-order valence-corrected chi connectivity index (χ3v) is 0.450. The third kappa shape index (κ3) is 3.99. The molecule has 38 valence electrons. The first-order valence-electron chi connectivity index (χ1n) is 1.08. The second-order valence-corrected chi connectivity index (χ2v) is 1.94. The Labute approximate surface area is 34.5 Å². The second kappa shape index (κ2) is 1.62. The first-order chi connectivity index (χ1) is 2.56. The van der Waals surface area contributed by atoms with Crippen molar-refractivity contribution in [2.75, 3.05) is 0 Å². The average Bonchev–Trinajstić information content (AvgIpc) is 1.35. The summed E-state index contributed by atoms with van der Waals surface area (Å²) in [5.41, 5.74) is 0. The molecule has 0 bridgehead atoms. The van der Waals surface area contributed by atoms with Gasteiger partial charge in [0.05, 0.1) is 0 Å². The molecule has 0 atom stereocenters. The number of hydrogen-bond donors (Lipinski definition) is 3. The van der Waals surface area contributed by atoms with E-state index in [1.807, 2.05) is 0 Å². The van der Waals surface area contributed by atoms with Crippen LogP contribution in [0.4, 0.5) is 4.11 Å². The van der Waals surface area contributed by atoms with Crippen molar-refractivity contribution < 1.29 is 18.2 Å². The molecule has 0 aliphatic rings. The molecule has 0 aliphatic heterocycles. The maximum absolute atomic E-state index is 11.0. The summed E-state index contributed by atoms with van der Waals surface area (Å²) in [6, 6.07) is 0. The standard InChI is InChI=1S/FH4NO3Si/c1-6(3,4)5-2/h3-4H,2H2. The van der Waals surface area contributed by atoms with Crippen molar-refractivity contribution in [1.82, 2.24) is 0 Å². The molecule has 0 aromatic carbocycles. The van der Waals surface area contributed by atoms with Crippen molar-refractivity contribution in [3.05, 3.63) is 0 Å². The van der Waals surface area contributed by atoms with Crippen LogP contribution >= 0.6 is 0 Å². The molecule has 0 saturated carbocycles. The molecule has 0 fully saturated rings. The molecular formula is H4FNO3Si. The number of hydrogen-bond acceptors (Lipinski definition) is 4. The van der Waals surface area contributed by atoms with Crippen molar-refractivity contribution in [2.45, 2.75) is 0 Å². The van der Waals surface area contributed by atoms with Crippen LogP contribution in [0.1, 0.15) is 0 Å². The van der Waals surface area contributed by atoms with E-state index in [0.29, 0.717) is 0 Å². The number of nitrogens with two attached hydrogens (primary N) is 1. The number of rotatable bonds is 1. The summed E-state index contributed by atoms with van der Waals surface area (Å²) >= 11 is 0. The maximum Gasteiger partial charge on any atom is 0.731 e. The Morgan fingerprint density at radius 2 is 1.83 bits per heavy atom. The molecule has 0 unspecified atom stereocenters. The fourth-order valence-corrected chi connectivity index (χ4v) is 0. The van der Waals surface area contributed by atoms with Gasteiger partial charge in [-0.2, -0.15) is 0 Å². The molecular weight excluding hydrogens is 109 g/mol. The fraction of sp³-hybridized carbons (Fsp3) is 0. The van der Waals surface area contributed by atoms with Gasteiger partial charge in [0.1, 0.15) is 0 Å². The van der Waals surface area contributed by atoms with E-state index in [0.717, 1.165) is 0 Å². The first kappa shape index (κ1) is 5.99. The second-order valence-electron chi connectivity index (χ2n) is 0.647. The minimum Gasteiger partial charge on any atom is -0.364 e. The Kier molecular flexibility index (Phi) is 1.62. The Bertz CT molecular complexity index is 40.5. The summed E-state index contributed by atoms with van der Waals surface area (Å²) in [6.45, 7) is 0. The quantitative estimate of drug-likeness (QED) is 0.214. The lowest BCUT2D eigenvalue weighted by Gasteiger charge is -1.97. The highest BCUT2D eigenvalue weighted by Gasteiger charge is 2.33. The topological polar surface area (TPSA) is 75.7 Å². The highest BCUT2D eigenvalue weighted by Crippen LogP contribution is 1.87. The summed E-state index contributed by atoms with van der Waals surface area (Å²) in [6.07, 6.45) is 0. The van der Waals surface area contributed by atoms with Crippen LogP contribution in [0.25, 0.3) is 0 Å². The summed E-state index contributed by atoms with van der Waals surface area (Å²) in [4.78, 5) is 15.0. The maximum atomic E-state index is 11.0. The summed E-state index contributed by atoms with van der Waals surface area (Å²) in [7, 11) is -4.85. The van der Waals surface area contributed by atoms with Crippen molar-refractivity contribution in [3.63, 3.8) is 0 Å². The molecule has 0 aromatic rings. The van der Waals surface area contributed by atoms with E-state index in [9.17, 15) is 4.11 Å².